The molecule has 2 fully saturated rings. The molecule has 1 aromatic rings. The topological polar surface area (TPSA) is 104 Å². The van der Waals surface area contributed by atoms with Crippen LogP contribution in [0.25, 0.3) is 0 Å². The van der Waals surface area contributed by atoms with Crippen molar-refractivity contribution < 1.29 is 19.3 Å². The fraction of sp³-hybridized carbons (Fsp3) is 0.571. The zero-order valence-corrected chi connectivity index (χ0v) is 17.3. The first-order valence-electron chi connectivity index (χ1n) is 10.5. The predicted molar refractivity (Wildman–Crippen MR) is 109 cm³/mol. The van der Waals surface area contributed by atoms with E-state index in [1.54, 1.807) is 6.07 Å². The second-order valence-corrected chi connectivity index (χ2v) is 8.38. The molecule has 4 amide bonds. The maximum absolute atomic E-state index is 13.8. The molecule has 1 spiro atoms. The molecule has 30 heavy (non-hydrogen) atoms. The Bertz CT molecular complexity index is 932. The van der Waals surface area contributed by atoms with Crippen LogP contribution in [0.15, 0.2) is 18.2 Å². The van der Waals surface area contributed by atoms with Gasteiger partial charge in [0.15, 0.2) is 5.41 Å². The monoisotopic (exact) mass is 414 g/mol. The standard InChI is InChI=1S/C21H26N4O5/c1-3-10-24-19(27)21(18(26)22(2)20(24)28)13-14-12-15(25(29)30)8-9-16(14)23-11-6-4-5-7-17(21)23/h8-9,12,17H,3-7,10-11,13H2,1-2H3. The molecule has 2 saturated heterocycles. The number of imide groups is 2. The molecule has 3 heterocycles. The van der Waals surface area contributed by atoms with E-state index in [1.807, 2.05) is 6.92 Å². The van der Waals surface area contributed by atoms with Crippen LogP contribution in [0.5, 0.6) is 0 Å². The summed E-state index contributed by atoms with van der Waals surface area (Å²) in [4.78, 5) is 55.2. The van der Waals surface area contributed by atoms with Crippen molar-refractivity contribution in [3.63, 3.8) is 0 Å². The van der Waals surface area contributed by atoms with Crippen LogP contribution in [-0.2, 0) is 16.0 Å². The number of urea groups is 1. The summed E-state index contributed by atoms with van der Waals surface area (Å²) in [7, 11) is 1.42. The van der Waals surface area contributed by atoms with Crippen LogP contribution in [0.3, 0.4) is 0 Å². The Morgan fingerprint density at radius 2 is 1.93 bits per heavy atom. The molecule has 2 unspecified atom stereocenters. The van der Waals surface area contributed by atoms with Crippen LogP contribution >= 0.6 is 0 Å². The third-order valence-corrected chi connectivity index (χ3v) is 6.65. The van der Waals surface area contributed by atoms with Crippen LogP contribution in [0, 0.1) is 15.5 Å². The SMILES string of the molecule is CCCN1C(=O)N(C)C(=O)C2(Cc3cc([N+](=O)[O-])ccc3N3CCCCCC32)C1=O. The third-order valence-electron chi connectivity index (χ3n) is 6.65. The van der Waals surface area contributed by atoms with Crippen molar-refractivity contribution in [1.82, 2.24) is 9.80 Å². The smallest absolute Gasteiger partial charge is 0.333 e. The Morgan fingerprint density at radius 1 is 1.17 bits per heavy atom. The number of nitro groups is 1. The minimum absolute atomic E-state index is 0.0669. The number of nitrogens with zero attached hydrogens (tertiary/aromatic N) is 4. The molecular weight excluding hydrogens is 388 g/mol. The highest BCUT2D eigenvalue weighted by molar-refractivity contribution is 6.20. The summed E-state index contributed by atoms with van der Waals surface area (Å²) in [6, 6.07) is 3.71. The van der Waals surface area contributed by atoms with Gasteiger partial charge in [-0.05, 0) is 30.9 Å². The lowest BCUT2D eigenvalue weighted by molar-refractivity contribution is -0.384. The van der Waals surface area contributed by atoms with Gasteiger partial charge in [0.25, 0.3) is 5.69 Å². The van der Waals surface area contributed by atoms with E-state index in [1.165, 1.54) is 24.1 Å². The number of nitro benzene ring substituents is 1. The number of non-ortho nitro benzene ring substituents is 1. The Hall–Kier alpha value is -2.97. The molecule has 0 aliphatic carbocycles. The van der Waals surface area contributed by atoms with Crippen LogP contribution in [0.4, 0.5) is 16.2 Å². The van der Waals surface area contributed by atoms with E-state index in [0.29, 0.717) is 24.9 Å². The van der Waals surface area contributed by atoms with E-state index in [-0.39, 0.29) is 24.7 Å². The summed E-state index contributed by atoms with van der Waals surface area (Å²) in [5.41, 5.74) is -0.0454. The van der Waals surface area contributed by atoms with Crippen LogP contribution < -0.4 is 4.90 Å². The normalized spacial score (nSPS) is 26.5. The highest BCUT2D eigenvalue weighted by atomic mass is 16.6. The Labute approximate surface area is 174 Å². The van der Waals surface area contributed by atoms with Crippen molar-refractivity contribution >= 4 is 29.2 Å². The van der Waals surface area contributed by atoms with Gasteiger partial charge < -0.3 is 4.90 Å². The lowest BCUT2D eigenvalue weighted by Crippen LogP contribution is -2.72. The Balaban J connectivity index is 1.91. The maximum Gasteiger partial charge on any atom is 0.333 e. The molecule has 0 radical (unpaired) electrons. The third kappa shape index (κ3) is 2.79. The molecule has 1 aromatic carbocycles. The number of carbonyl (C=O) groups excluding carboxylic acids is 3. The highest BCUT2D eigenvalue weighted by Gasteiger charge is 2.63. The number of hydrogen-bond acceptors (Lipinski definition) is 6. The van der Waals surface area contributed by atoms with Crippen molar-refractivity contribution in [3.05, 3.63) is 33.9 Å². The number of benzene rings is 1. The molecule has 160 valence electrons. The van der Waals surface area contributed by atoms with Gasteiger partial charge in [0.05, 0.1) is 11.0 Å². The van der Waals surface area contributed by atoms with Crippen LogP contribution in [0.1, 0.15) is 44.6 Å². The molecule has 0 aromatic heterocycles. The van der Waals surface area contributed by atoms with Crippen molar-refractivity contribution in [2.75, 3.05) is 25.0 Å². The van der Waals surface area contributed by atoms with E-state index in [4.69, 9.17) is 0 Å². The van der Waals surface area contributed by atoms with E-state index in [0.717, 1.165) is 29.8 Å². The minimum Gasteiger partial charge on any atom is -0.367 e. The molecule has 2 atom stereocenters. The first kappa shape index (κ1) is 20.3. The molecule has 4 rings (SSSR count). The van der Waals surface area contributed by atoms with Gasteiger partial charge in [-0.25, -0.2) is 4.79 Å². The van der Waals surface area contributed by atoms with E-state index in [9.17, 15) is 24.5 Å². The number of rotatable bonds is 3. The summed E-state index contributed by atoms with van der Waals surface area (Å²) in [5, 5.41) is 11.4. The maximum atomic E-state index is 13.8. The molecule has 0 bridgehead atoms. The number of barbiturate groups is 1. The van der Waals surface area contributed by atoms with Crippen molar-refractivity contribution in [2.24, 2.45) is 5.41 Å². The Morgan fingerprint density at radius 3 is 2.63 bits per heavy atom. The van der Waals surface area contributed by atoms with E-state index in [2.05, 4.69) is 4.90 Å². The second-order valence-electron chi connectivity index (χ2n) is 8.38. The molecule has 9 heteroatoms. The fourth-order valence-corrected chi connectivity index (χ4v) is 5.28. The highest BCUT2D eigenvalue weighted by Crippen LogP contribution is 2.48. The van der Waals surface area contributed by atoms with Gasteiger partial charge in [0.1, 0.15) is 0 Å². The molecule has 9 nitrogen and oxygen atoms in total. The lowest BCUT2D eigenvalue weighted by Gasteiger charge is -2.53. The quantitative estimate of drug-likeness (QED) is 0.428. The minimum atomic E-state index is -1.44. The summed E-state index contributed by atoms with van der Waals surface area (Å²) >= 11 is 0. The molecule has 3 aliphatic rings. The summed E-state index contributed by atoms with van der Waals surface area (Å²) in [6.07, 6.45) is 4.11. The zero-order chi connectivity index (χ0) is 21.6. The van der Waals surface area contributed by atoms with Gasteiger partial charge >= 0.3 is 6.03 Å². The van der Waals surface area contributed by atoms with Crippen molar-refractivity contribution in [2.45, 2.75) is 51.5 Å². The number of anilines is 1. The molecular formula is C21H26N4O5. The first-order chi connectivity index (χ1) is 14.3. The van der Waals surface area contributed by atoms with Crippen molar-refractivity contribution in [1.29, 1.82) is 0 Å². The van der Waals surface area contributed by atoms with Gasteiger partial charge in [-0.1, -0.05) is 19.8 Å². The number of fused-ring (bicyclic) bond motifs is 4. The van der Waals surface area contributed by atoms with Gasteiger partial charge in [-0.3, -0.25) is 29.5 Å². The van der Waals surface area contributed by atoms with Gasteiger partial charge in [-0.2, -0.15) is 0 Å². The predicted octanol–water partition coefficient (Wildman–Crippen LogP) is 2.72. The molecule has 0 N–H and O–H groups in total. The summed E-state index contributed by atoms with van der Waals surface area (Å²) < 4.78 is 0. The largest absolute Gasteiger partial charge is 0.367 e. The van der Waals surface area contributed by atoms with Crippen molar-refractivity contribution in [3.8, 4) is 0 Å². The van der Waals surface area contributed by atoms with E-state index < -0.39 is 28.2 Å². The molecule has 0 saturated carbocycles. The summed E-state index contributed by atoms with van der Waals surface area (Å²) in [6.45, 7) is 2.79. The number of hydrogen-bond donors (Lipinski definition) is 0. The number of amides is 4. The average molecular weight is 414 g/mol. The van der Waals surface area contributed by atoms with E-state index >= 15 is 0 Å². The van der Waals surface area contributed by atoms with Gasteiger partial charge in [-0.15, -0.1) is 0 Å². The second kappa shape index (κ2) is 7.37. The lowest BCUT2D eigenvalue weighted by atomic mass is 9.67. The average Bonchev–Trinajstić information content (AvgIpc) is 3.00. The molecule has 3 aliphatic heterocycles. The van der Waals surface area contributed by atoms with Gasteiger partial charge in [0, 0.05) is 44.4 Å². The van der Waals surface area contributed by atoms with Crippen LogP contribution in [0.2, 0.25) is 0 Å². The van der Waals surface area contributed by atoms with Crippen LogP contribution in [-0.4, -0.2) is 58.7 Å². The van der Waals surface area contributed by atoms with Gasteiger partial charge in [0.2, 0.25) is 11.8 Å². The summed E-state index contributed by atoms with van der Waals surface area (Å²) in [5.74, 6) is -0.967. The first-order valence-corrected chi connectivity index (χ1v) is 10.5. The zero-order valence-electron chi connectivity index (χ0n) is 17.3. The number of carbonyl (C=O) groups is 3. The Kier molecular flexibility index (Phi) is 4.99. The fourth-order valence-electron chi connectivity index (χ4n) is 5.28.